The van der Waals surface area contributed by atoms with E-state index in [9.17, 15) is 0 Å². The predicted octanol–water partition coefficient (Wildman–Crippen LogP) is 3.16. The Labute approximate surface area is 155 Å². The number of imidazole rings is 1. The number of fused-ring (bicyclic) bond motifs is 1. The van der Waals surface area contributed by atoms with Crippen molar-refractivity contribution in [3.05, 3.63) is 55.1 Å². The zero-order valence-electron chi connectivity index (χ0n) is 14.9. The summed E-state index contributed by atoms with van der Waals surface area (Å²) in [7, 11) is 3.15. The molecule has 0 aliphatic carbocycles. The number of methoxy groups -OCH3 is 2. The van der Waals surface area contributed by atoms with Gasteiger partial charge in [-0.05, 0) is 30.3 Å². The maximum atomic E-state index is 6.12. The zero-order valence-corrected chi connectivity index (χ0v) is 14.9. The predicted molar refractivity (Wildman–Crippen MR) is 104 cm³/mol. The van der Waals surface area contributed by atoms with Crippen molar-refractivity contribution in [3.63, 3.8) is 0 Å². The first kappa shape index (κ1) is 16.6. The number of nitrogens with two attached hydrogens (primary N) is 1. The minimum Gasteiger partial charge on any atom is -0.493 e. The highest BCUT2D eigenvalue weighted by Gasteiger charge is 2.12. The summed E-state index contributed by atoms with van der Waals surface area (Å²) in [5.74, 6) is 1.93. The fourth-order valence-electron chi connectivity index (χ4n) is 2.79. The second kappa shape index (κ2) is 6.83. The third-order valence-corrected chi connectivity index (χ3v) is 4.16. The molecule has 4 rings (SSSR count). The molecule has 0 amide bonds. The van der Waals surface area contributed by atoms with Crippen LogP contribution in [0, 0.1) is 0 Å². The van der Waals surface area contributed by atoms with Gasteiger partial charge in [-0.1, -0.05) is 0 Å². The van der Waals surface area contributed by atoms with Gasteiger partial charge in [0.2, 0.25) is 5.95 Å². The number of nitrogens with zero attached hydrogens (tertiary/aromatic N) is 4. The molecule has 0 aliphatic heterocycles. The van der Waals surface area contributed by atoms with Gasteiger partial charge < -0.3 is 25.1 Å². The van der Waals surface area contributed by atoms with Gasteiger partial charge in [-0.25, -0.2) is 9.97 Å². The van der Waals surface area contributed by atoms with E-state index in [-0.39, 0.29) is 0 Å². The van der Waals surface area contributed by atoms with Crippen LogP contribution in [0.25, 0.3) is 16.6 Å². The van der Waals surface area contributed by atoms with Crippen molar-refractivity contribution in [2.45, 2.75) is 0 Å². The fraction of sp³-hybridized carbons (Fsp3) is 0.105. The first-order valence-electron chi connectivity index (χ1n) is 8.22. The van der Waals surface area contributed by atoms with Crippen molar-refractivity contribution in [1.29, 1.82) is 0 Å². The van der Waals surface area contributed by atoms with Crippen molar-refractivity contribution in [1.82, 2.24) is 19.5 Å². The summed E-state index contributed by atoms with van der Waals surface area (Å²) in [4.78, 5) is 12.9. The number of nitrogen functional groups attached to an aromatic ring is 1. The van der Waals surface area contributed by atoms with Crippen LogP contribution in [-0.2, 0) is 0 Å². The Balaban J connectivity index is 1.65. The number of hydrogen-bond acceptors (Lipinski definition) is 7. The highest BCUT2D eigenvalue weighted by molar-refractivity contribution is 5.92. The van der Waals surface area contributed by atoms with Gasteiger partial charge in [0, 0.05) is 35.2 Å². The monoisotopic (exact) mass is 362 g/mol. The van der Waals surface area contributed by atoms with Crippen molar-refractivity contribution < 1.29 is 9.47 Å². The molecule has 2 aromatic carbocycles. The van der Waals surface area contributed by atoms with Gasteiger partial charge in [-0.15, -0.1) is 0 Å². The summed E-state index contributed by atoms with van der Waals surface area (Å²) in [6.07, 6.45) is 5.37. The average Bonchev–Trinajstić information content (AvgIpc) is 3.22. The van der Waals surface area contributed by atoms with Crippen LogP contribution in [0.2, 0.25) is 0 Å². The number of rotatable bonds is 5. The van der Waals surface area contributed by atoms with Crippen molar-refractivity contribution in [3.8, 4) is 17.2 Å². The van der Waals surface area contributed by atoms with Crippen LogP contribution in [0.15, 0.2) is 55.1 Å². The standard InChI is InChI=1S/C19H18N6O2/c1-26-16-9-14-15(10-17(16)27-2)23-19(24-18(14)20)22-12-3-5-13(6-4-12)25-8-7-21-11-25/h3-11H,1-2H3,(H3,20,22,23,24). The SMILES string of the molecule is COc1cc2nc(Nc3ccc(-n4ccnc4)cc3)nc(N)c2cc1OC. The molecule has 3 N–H and O–H groups in total. The second-order valence-corrected chi connectivity index (χ2v) is 5.80. The highest BCUT2D eigenvalue weighted by atomic mass is 16.5. The van der Waals surface area contributed by atoms with Crippen LogP contribution in [-0.4, -0.2) is 33.7 Å². The van der Waals surface area contributed by atoms with E-state index in [1.165, 1.54) is 0 Å². The van der Waals surface area contributed by atoms with Gasteiger partial charge in [-0.2, -0.15) is 4.98 Å². The van der Waals surface area contributed by atoms with E-state index in [1.807, 2.05) is 35.0 Å². The summed E-state index contributed by atoms with van der Waals surface area (Å²) in [5.41, 5.74) is 8.63. The first-order chi connectivity index (χ1) is 13.2. The Morgan fingerprint density at radius 3 is 2.41 bits per heavy atom. The minimum absolute atomic E-state index is 0.360. The highest BCUT2D eigenvalue weighted by Crippen LogP contribution is 2.34. The Morgan fingerprint density at radius 2 is 1.74 bits per heavy atom. The topological polar surface area (TPSA) is 100 Å². The van der Waals surface area contributed by atoms with Gasteiger partial charge in [0.15, 0.2) is 11.5 Å². The summed E-state index contributed by atoms with van der Waals surface area (Å²) in [6.45, 7) is 0. The molecule has 4 aromatic rings. The Bertz CT molecular complexity index is 1080. The molecule has 0 saturated carbocycles. The lowest BCUT2D eigenvalue weighted by atomic mass is 10.2. The number of aromatic nitrogens is 4. The lowest BCUT2D eigenvalue weighted by Crippen LogP contribution is -2.02. The van der Waals surface area contributed by atoms with Gasteiger partial charge in [-0.3, -0.25) is 0 Å². The molecule has 2 aromatic heterocycles. The van der Waals surface area contributed by atoms with Gasteiger partial charge in [0.05, 0.1) is 26.1 Å². The Morgan fingerprint density at radius 1 is 1.00 bits per heavy atom. The van der Waals surface area contributed by atoms with Gasteiger partial charge in [0.1, 0.15) is 5.82 Å². The Kier molecular flexibility index (Phi) is 4.21. The maximum absolute atomic E-state index is 6.12. The number of ether oxygens (including phenoxy) is 2. The number of nitrogens with one attached hydrogen (secondary N) is 1. The smallest absolute Gasteiger partial charge is 0.229 e. The van der Waals surface area contributed by atoms with Crippen molar-refractivity contribution in [2.24, 2.45) is 0 Å². The quantitative estimate of drug-likeness (QED) is 0.562. The third-order valence-electron chi connectivity index (χ3n) is 4.16. The molecule has 27 heavy (non-hydrogen) atoms. The van der Waals surface area contributed by atoms with Crippen LogP contribution in [0.5, 0.6) is 11.5 Å². The molecule has 0 unspecified atom stereocenters. The lowest BCUT2D eigenvalue weighted by Gasteiger charge is -2.12. The van der Waals surface area contributed by atoms with E-state index in [0.29, 0.717) is 34.2 Å². The van der Waals surface area contributed by atoms with E-state index >= 15 is 0 Å². The average molecular weight is 362 g/mol. The summed E-state index contributed by atoms with van der Waals surface area (Å²) in [6, 6.07) is 11.4. The normalized spacial score (nSPS) is 10.7. The molecule has 0 atom stereocenters. The molecule has 0 radical (unpaired) electrons. The molecule has 8 nitrogen and oxygen atoms in total. The number of hydrogen-bond donors (Lipinski definition) is 2. The zero-order chi connectivity index (χ0) is 18.8. The van der Waals surface area contributed by atoms with Gasteiger partial charge in [0.25, 0.3) is 0 Å². The Hall–Kier alpha value is -3.81. The summed E-state index contributed by atoms with van der Waals surface area (Å²) < 4.78 is 12.6. The van der Waals surface area contributed by atoms with Crippen molar-refractivity contribution in [2.75, 3.05) is 25.3 Å². The van der Waals surface area contributed by atoms with E-state index < -0.39 is 0 Å². The lowest BCUT2D eigenvalue weighted by molar-refractivity contribution is 0.356. The molecule has 0 bridgehead atoms. The number of benzene rings is 2. The first-order valence-corrected chi connectivity index (χ1v) is 8.22. The minimum atomic E-state index is 0.360. The summed E-state index contributed by atoms with van der Waals surface area (Å²) in [5, 5.41) is 3.88. The fourth-order valence-corrected chi connectivity index (χ4v) is 2.79. The third kappa shape index (κ3) is 3.20. The van der Waals surface area contributed by atoms with Crippen LogP contribution in [0.4, 0.5) is 17.5 Å². The molecule has 0 aliphatic rings. The van der Waals surface area contributed by atoms with Gasteiger partial charge >= 0.3 is 0 Å². The molecular weight excluding hydrogens is 344 g/mol. The molecule has 8 heteroatoms. The second-order valence-electron chi connectivity index (χ2n) is 5.80. The van der Waals surface area contributed by atoms with Crippen LogP contribution in [0.3, 0.4) is 0 Å². The van der Waals surface area contributed by atoms with E-state index in [4.69, 9.17) is 15.2 Å². The van der Waals surface area contributed by atoms with E-state index in [2.05, 4.69) is 20.3 Å². The molecule has 0 saturated heterocycles. The van der Waals surface area contributed by atoms with Crippen LogP contribution in [0.1, 0.15) is 0 Å². The molecule has 136 valence electrons. The number of anilines is 3. The van der Waals surface area contributed by atoms with Crippen LogP contribution >= 0.6 is 0 Å². The summed E-state index contributed by atoms with van der Waals surface area (Å²) >= 11 is 0. The van der Waals surface area contributed by atoms with E-state index in [1.54, 1.807) is 38.9 Å². The largest absolute Gasteiger partial charge is 0.493 e. The molecule has 2 heterocycles. The van der Waals surface area contributed by atoms with E-state index in [0.717, 1.165) is 11.4 Å². The molecular formula is C19H18N6O2. The molecule has 0 spiro atoms. The van der Waals surface area contributed by atoms with Crippen molar-refractivity contribution >= 4 is 28.4 Å². The maximum Gasteiger partial charge on any atom is 0.229 e. The van der Waals surface area contributed by atoms with Crippen LogP contribution < -0.4 is 20.5 Å². The molecule has 0 fully saturated rings.